The van der Waals surface area contributed by atoms with Crippen LogP contribution in [0.2, 0.25) is 5.02 Å². The fourth-order valence-electron chi connectivity index (χ4n) is 2.98. The Bertz CT molecular complexity index is 1510. The van der Waals surface area contributed by atoms with Gasteiger partial charge in [0.1, 0.15) is 0 Å². The minimum Gasteiger partial charge on any atom is -0.321 e. The molecule has 13 heteroatoms. The van der Waals surface area contributed by atoms with E-state index in [2.05, 4.69) is 21.2 Å². The van der Waals surface area contributed by atoms with Crippen molar-refractivity contribution < 1.29 is 26.4 Å². The lowest BCUT2D eigenvalue weighted by Gasteiger charge is -2.20. The third-order valence-corrected chi connectivity index (χ3v) is 7.78. The second kappa shape index (κ2) is 10.4. The van der Waals surface area contributed by atoms with Gasteiger partial charge >= 0.3 is 0 Å². The summed E-state index contributed by atoms with van der Waals surface area (Å²) in [6.45, 7) is 0. The average molecular weight is 601 g/mol. The van der Waals surface area contributed by atoms with Gasteiger partial charge in [0.15, 0.2) is 0 Å². The Balaban J connectivity index is 1.90. The standard InChI is InChI=1S/C22H19BrClN3O6S2/c1-27(17-9-7-16(24)8-10-17)35(32,33)18-5-3-4-14(12-18)21(28)25-20-11-6-15(23)13-19(20)22(29)26-34(2,30)31/h3-13H,1-2H3,(H,25,28)(H,26,29). The molecule has 0 saturated heterocycles. The van der Waals surface area contributed by atoms with Gasteiger partial charge in [0, 0.05) is 22.1 Å². The van der Waals surface area contributed by atoms with E-state index in [-0.39, 0.29) is 21.7 Å². The van der Waals surface area contributed by atoms with Crippen LogP contribution in [0.4, 0.5) is 11.4 Å². The zero-order valence-electron chi connectivity index (χ0n) is 18.3. The molecule has 2 amide bonds. The number of halogens is 2. The van der Waals surface area contributed by atoms with Gasteiger partial charge in [0.25, 0.3) is 21.8 Å². The van der Waals surface area contributed by atoms with Crippen LogP contribution >= 0.6 is 27.5 Å². The van der Waals surface area contributed by atoms with Gasteiger partial charge in [-0.2, -0.15) is 0 Å². The van der Waals surface area contributed by atoms with Crippen LogP contribution in [-0.2, 0) is 20.0 Å². The van der Waals surface area contributed by atoms with E-state index < -0.39 is 31.9 Å². The Morgan fingerprint density at radius 2 is 1.57 bits per heavy atom. The van der Waals surface area contributed by atoms with Crippen molar-refractivity contribution >= 4 is 70.8 Å². The molecular formula is C22H19BrClN3O6S2. The molecule has 0 aromatic heterocycles. The largest absolute Gasteiger partial charge is 0.321 e. The van der Waals surface area contributed by atoms with E-state index in [4.69, 9.17) is 11.6 Å². The smallest absolute Gasteiger partial charge is 0.266 e. The predicted molar refractivity (Wildman–Crippen MR) is 138 cm³/mol. The lowest BCUT2D eigenvalue weighted by atomic mass is 10.1. The summed E-state index contributed by atoms with van der Waals surface area (Å²) in [4.78, 5) is 25.2. The number of nitrogens with one attached hydrogen (secondary N) is 2. The summed E-state index contributed by atoms with van der Waals surface area (Å²) in [7, 11) is -6.48. The Labute approximate surface area is 216 Å². The van der Waals surface area contributed by atoms with E-state index in [1.54, 1.807) is 30.3 Å². The molecule has 0 heterocycles. The Morgan fingerprint density at radius 3 is 2.20 bits per heavy atom. The highest BCUT2D eigenvalue weighted by molar-refractivity contribution is 9.10. The lowest BCUT2D eigenvalue weighted by Crippen LogP contribution is -2.30. The molecule has 3 aromatic rings. The predicted octanol–water partition coefficient (Wildman–Crippen LogP) is 3.87. The van der Waals surface area contributed by atoms with Crippen LogP contribution in [0.15, 0.2) is 76.1 Å². The quantitative estimate of drug-likeness (QED) is 0.424. The molecule has 2 N–H and O–H groups in total. The normalized spacial score (nSPS) is 11.5. The van der Waals surface area contributed by atoms with Crippen molar-refractivity contribution in [2.24, 2.45) is 0 Å². The maximum Gasteiger partial charge on any atom is 0.266 e. The molecule has 184 valence electrons. The van der Waals surface area contributed by atoms with Gasteiger partial charge < -0.3 is 5.32 Å². The van der Waals surface area contributed by atoms with E-state index in [0.717, 1.165) is 10.6 Å². The first kappa shape index (κ1) is 26.7. The van der Waals surface area contributed by atoms with Gasteiger partial charge in [-0.1, -0.05) is 33.6 Å². The van der Waals surface area contributed by atoms with Crippen molar-refractivity contribution in [1.29, 1.82) is 0 Å². The molecule has 35 heavy (non-hydrogen) atoms. The van der Waals surface area contributed by atoms with Gasteiger partial charge in [-0.05, 0) is 60.7 Å². The molecule has 0 radical (unpaired) electrons. The molecule has 0 aliphatic rings. The van der Waals surface area contributed by atoms with Crippen LogP contribution in [0.1, 0.15) is 20.7 Å². The lowest BCUT2D eigenvalue weighted by molar-refractivity contribution is 0.0982. The summed E-state index contributed by atoms with van der Waals surface area (Å²) in [5, 5.41) is 2.98. The minimum absolute atomic E-state index is 0.00738. The number of benzene rings is 3. The maximum atomic E-state index is 13.1. The molecule has 9 nitrogen and oxygen atoms in total. The van der Waals surface area contributed by atoms with E-state index in [9.17, 15) is 26.4 Å². The topological polar surface area (TPSA) is 130 Å². The highest BCUT2D eigenvalue weighted by atomic mass is 79.9. The van der Waals surface area contributed by atoms with Crippen LogP contribution in [0.5, 0.6) is 0 Å². The Kier molecular flexibility index (Phi) is 7.90. The molecule has 0 atom stereocenters. The monoisotopic (exact) mass is 599 g/mol. The fraction of sp³-hybridized carbons (Fsp3) is 0.0909. The zero-order chi connectivity index (χ0) is 26.0. The van der Waals surface area contributed by atoms with Gasteiger partial charge in [-0.25, -0.2) is 21.6 Å². The molecule has 0 aliphatic carbocycles. The van der Waals surface area contributed by atoms with Gasteiger partial charge in [0.2, 0.25) is 10.0 Å². The summed E-state index contributed by atoms with van der Waals surface area (Å²) in [6, 6.07) is 15.9. The number of sulfonamides is 2. The van der Waals surface area contributed by atoms with E-state index >= 15 is 0 Å². The number of carbonyl (C=O) groups is 2. The van der Waals surface area contributed by atoms with Crippen molar-refractivity contribution in [3.8, 4) is 0 Å². The fourth-order valence-corrected chi connectivity index (χ4v) is 5.15. The molecule has 0 bridgehead atoms. The number of hydrogen-bond acceptors (Lipinski definition) is 6. The molecule has 3 aromatic carbocycles. The number of anilines is 2. The van der Waals surface area contributed by atoms with Crippen LogP contribution in [-0.4, -0.2) is 42.0 Å². The molecular weight excluding hydrogens is 582 g/mol. The number of nitrogens with zero attached hydrogens (tertiary/aromatic N) is 1. The third kappa shape index (κ3) is 6.60. The molecule has 0 fully saturated rings. The van der Waals surface area contributed by atoms with Crippen molar-refractivity contribution in [2.75, 3.05) is 22.9 Å². The van der Waals surface area contributed by atoms with Crippen LogP contribution in [0.3, 0.4) is 0 Å². The minimum atomic E-state index is -4.01. The highest BCUT2D eigenvalue weighted by Crippen LogP contribution is 2.25. The van der Waals surface area contributed by atoms with E-state index in [1.165, 1.54) is 43.4 Å². The molecule has 0 unspecified atom stereocenters. The van der Waals surface area contributed by atoms with Gasteiger partial charge in [-0.3, -0.25) is 13.9 Å². The van der Waals surface area contributed by atoms with Crippen molar-refractivity contribution in [3.63, 3.8) is 0 Å². The maximum absolute atomic E-state index is 13.1. The third-order valence-electron chi connectivity index (χ3n) is 4.70. The van der Waals surface area contributed by atoms with Gasteiger partial charge in [-0.15, -0.1) is 0 Å². The molecule has 3 rings (SSSR count). The van der Waals surface area contributed by atoms with Crippen LogP contribution in [0.25, 0.3) is 0 Å². The first-order valence-electron chi connectivity index (χ1n) is 9.75. The first-order chi connectivity index (χ1) is 16.3. The number of rotatable bonds is 7. The number of amides is 2. The van der Waals surface area contributed by atoms with Gasteiger partial charge in [0.05, 0.1) is 28.1 Å². The van der Waals surface area contributed by atoms with Crippen molar-refractivity contribution in [1.82, 2.24) is 4.72 Å². The van der Waals surface area contributed by atoms with Crippen molar-refractivity contribution in [3.05, 3.63) is 87.4 Å². The summed E-state index contributed by atoms with van der Waals surface area (Å²) in [6.07, 6.45) is 0.828. The average Bonchev–Trinajstić information content (AvgIpc) is 2.79. The van der Waals surface area contributed by atoms with E-state index in [0.29, 0.717) is 15.2 Å². The highest BCUT2D eigenvalue weighted by Gasteiger charge is 2.23. The number of hydrogen-bond donors (Lipinski definition) is 2. The summed E-state index contributed by atoms with van der Waals surface area (Å²) in [5.41, 5.74) is 0.309. The second-order valence-corrected chi connectivity index (χ2v) is 12.4. The number of carbonyl (C=O) groups excluding carboxylic acids is 2. The molecule has 0 saturated carbocycles. The van der Waals surface area contributed by atoms with Crippen molar-refractivity contribution in [2.45, 2.75) is 4.90 Å². The first-order valence-corrected chi connectivity index (χ1v) is 14.3. The van der Waals surface area contributed by atoms with Crippen LogP contribution in [0, 0.1) is 0 Å². The van der Waals surface area contributed by atoms with E-state index in [1.807, 2.05) is 4.72 Å². The molecule has 0 spiro atoms. The second-order valence-electron chi connectivity index (χ2n) is 7.32. The Morgan fingerprint density at radius 1 is 0.914 bits per heavy atom. The molecule has 0 aliphatic heterocycles. The summed E-state index contributed by atoms with van der Waals surface area (Å²) in [5.74, 6) is -1.64. The SMILES string of the molecule is CN(c1ccc(Cl)cc1)S(=O)(=O)c1cccc(C(=O)Nc2ccc(Br)cc2C(=O)NS(C)(=O)=O)c1. The van der Waals surface area contributed by atoms with Crippen LogP contribution < -0.4 is 14.3 Å². The summed E-state index contributed by atoms with van der Waals surface area (Å²) < 4.78 is 52.5. The summed E-state index contributed by atoms with van der Waals surface area (Å²) >= 11 is 9.07. The Hall–Kier alpha value is -2.93. The zero-order valence-corrected chi connectivity index (χ0v) is 22.3.